The molecule has 0 aliphatic heterocycles. The van der Waals surface area contributed by atoms with Crippen LogP contribution in [0, 0.1) is 0 Å². The van der Waals surface area contributed by atoms with Crippen molar-refractivity contribution in [2.24, 2.45) is 0 Å². The molecule has 0 bridgehead atoms. The first-order valence-electron chi connectivity index (χ1n) is 5.90. The van der Waals surface area contributed by atoms with Crippen LogP contribution in [0.25, 0.3) is 0 Å². The van der Waals surface area contributed by atoms with E-state index in [9.17, 15) is 13.2 Å². The van der Waals surface area contributed by atoms with Crippen LogP contribution in [0.1, 0.15) is 24.1 Å². The summed E-state index contributed by atoms with van der Waals surface area (Å²) in [6.07, 6.45) is -4.29. The lowest BCUT2D eigenvalue weighted by Crippen LogP contribution is -2.31. The van der Waals surface area contributed by atoms with Crippen LogP contribution in [-0.4, -0.2) is 32.1 Å². The van der Waals surface area contributed by atoms with Crippen LogP contribution < -0.4 is 5.32 Å². The highest BCUT2D eigenvalue weighted by Gasteiger charge is 2.30. The van der Waals surface area contributed by atoms with Crippen molar-refractivity contribution in [3.63, 3.8) is 0 Å². The first-order chi connectivity index (χ1) is 8.34. The molecule has 0 heterocycles. The van der Waals surface area contributed by atoms with E-state index in [4.69, 9.17) is 0 Å². The van der Waals surface area contributed by atoms with Gasteiger partial charge in [-0.05, 0) is 38.3 Å². The third-order valence-electron chi connectivity index (χ3n) is 2.61. The van der Waals surface area contributed by atoms with Crippen molar-refractivity contribution in [1.29, 1.82) is 0 Å². The van der Waals surface area contributed by atoms with Crippen molar-refractivity contribution in [2.75, 3.05) is 27.2 Å². The molecule has 0 aromatic heterocycles. The highest BCUT2D eigenvalue weighted by atomic mass is 19.4. The van der Waals surface area contributed by atoms with Gasteiger partial charge in [0.05, 0.1) is 5.56 Å². The van der Waals surface area contributed by atoms with E-state index in [1.807, 2.05) is 25.9 Å². The summed E-state index contributed by atoms with van der Waals surface area (Å²) in [7, 11) is 3.80. The normalized spacial score (nSPS) is 13.9. The molecule has 0 fully saturated rings. The average molecular weight is 260 g/mol. The summed E-state index contributed by atoms with van der Waals surface area (Å²) in [6.45, 7) is 3.32. The molecule has 102 valence electrons. The summed E-state index contributed by atoms with van der Waals surface area (Å²) < 4.78 is 37.9. The van der Waals surface area contributed by atoms with Crippen molar-refractivity contribution < 1.29 is 13.2 Å². The third-order valence-corrected chi connectivity index (χ3v) is 2.61. The summed E-state index contributed by atoms with van der Waals surface area (Å²) in [4.78, 5) is 1.95. The summed E-state index contributed by atoms with van der Waals surface area (Å²) in [6, 6.07) is 5.41. The van der Waals surface area contributed by atoms with E-state index in [2.05, 4.69) is 5.32 Å². The summed E-state index contributed by atoms with van der Waals surface area (Å²) in [5, 5.41) is 3.20. The molecule has 1 atom stereocenters. The van der Waals surface area contributed by atoms with Crippen molar-refractivity contribution in [2.45, 2.75) is 19.1 Å². The fourth-order valence-electron chi connectivity index (χ4n) is 1.83. The molecule has 0 spiro atoms. The van der Waals surface area contributed by atoms with E-state index in [0.29, 0.717) is 12.1 Å². The Bertz CT molecular complexity index is 375. The van der Waals surface area contributed by atoms with Crippen LogP contribution in [0.4, 0.5) is 13.2 Å². The molecule has 1 rings (SSSR count). The number of likely N-dealkylation sites (N-methyl/N-ethyl adjacent to an activating group) is 2. The third kappa shape index (κ3) is 4.31. The fourth-order valence-corrected chi connectivity index (χ4v) is 1.83. The highest BCUT2D eigenvalue weighted by Crippen LogP contribution is 2.30. The standard InChI is InChI=1S/C13H19F3N2/c1-4-17-12(9-18(2)3)10-6-5-7-11(8-10)13(14,15)16/h5-8,12,17H,4,9H2,1-3H3. The van der Waals surface area contributed by atoms with Crippen molar-refractivity contribution in [3.05, 3.63) is 35.4 Å². The maximum absolute atomic E-state index is 12.6. The Balaban J connectivity index is 2.97. The van der Waals surface area contributed by atoms with Crippen LogP contribution in [0.5, 0.6) is 0 Å². The summed E-state index contributed by atoms with van der Waals surface area (Å²) in [5.41, 5.74) is 0.0713. The molecule has 1 unspecified atom stereocenters. The molecule has 1 N–H and O–H groups in total. The molecule has 0 saturated carbocycles. The Morgan fingerprint density at radius 1 is 1.28 bits per heavy atom. The van der Waals surface area contributed by atoms with Gasteiger partial charge in [-0.1, -0.05) is 19.1 Å². The van der Waals surface area contributed by atoms with E-state index in [-0.39, 0.29) is 6.04 Å². The first kappa shape index (κ1) is 15.0. The monoisotopic (exact) mass is 260 g/mol. The number of nitrogens with zero attached hydrogens (tertiary/aromatic N) is 1. The van der Waals surface area contributed by atoms with Gasteiger partial charge in [-0.2, -0.15) is 13.2 Å². The Morgan fingerprint density at radius 3 is 2.44 bits per heavy atom. The van der Waals surface area contributed by atoms with Crippen LogP contribution in [0.3, 0.4) is 0 Å². The molecule has 0 aliphatic rings. The first-order valence-corrected chi connectivity index (χ1v) is 5.90. The molecule has 1 aromatic rings. The quantitative estimate of drug-likeness (QED) is 0.875. The van der Waals surface area contributed by atoms with Crippen LogP contribution in [0.15, 0.2) is 24.3 Å². The second-order valence-corrected chi connectivity index (χ2v) is 4.50. The van der Waals surface area contributed by atoms with Gasteiger partial charge >= 0.3 is 6.18 Å². The molecule has 18 heavy (non-hydrogen) atoms. The Labute approximate surface area is 106 Å². The summed E-state index contributed by atoms with van der Waals surface area (Å²) >= 11 is 0. The van der Waals surface area contributed by atoms with Crippen molar-refractivity contribution in [3.8, 4) is 0 Å². The second-order valence-electron chi connectivity index (χ2n) is 4.50. The van der Waals surface area contributed by atoms with Crippen LogP contribution >= 0.6 is 0 Å². The number of rotatable bonds is 5. The second kappa shape index (κ2) is 6.20. The highest BCUT2D eigenvalue weighted by molar-refractivity contribution is 5.28. The molecule has 0 saturated heterocycles. The number of hydrogen-bond acceptors (Lipinski definition) is 2. The van der Waals surface area contributed by atoms with Gasteiger partial charge < -0.3 is 10.2 Å². The maximum Gasteiger partial charge on any atom is 0.416 e. The summed E-state index contributed by atoms with van der Waals surface area (Å²) in [5.74, 6) is 0. The minimum Gasteiger partial charge on any atom is -0.309 e. The Hall–Kier alpha value is -1.07. The van der Waals surface area contributed by atoms with E-state index in [1.54, 1.807) is 6.07 Å². The predicted molar refractivity (Wildman–Crippen MR) is 66.4 cm³/mol. The molecular weight excluding hydrogens is 241 g/mol. The molecule has 0 amide bonds. The topological polar surface area (TPSA) is 15.3 Å². The Morgan fingerprint density at radius 2 is 1.94 bits per heavy atom. The number of hydrogen-bond donors (Lipinski definition) is 1. The zero-order valence-electron chi connectivity index (χ0n) is 10.9. The van der Waals surface area contributed by atoms with Crippen molar-refractivity contribution in [1.82, 2.24) is 10.2 Å². The van der Waals surface area contributed by atoms with Crippen LogP contribution in [-0.2, 0) is 6.18 Å². The van der Waals surface area contributed by atoms with Crippen LogP contribution in [0.2, 0.25) is 0 Å². The lowest BCUT2D eigenvalue weighted by molar-refractivity contribution is -0.137. The van der Waals surface area contributed by atoms with Crippen molar-refractivity contribution >= 4 is 0 Å². The lowest BCUT2D eigenvalue weighted by Gasteiger charge is -2.23. The van der Waals surface area contributed by atoms with Gasteiger partial charge in [0.2, 0.25) is 0 Å². The van der Waals surface area contributed by atoms with Gasteiger partial charge in [-0.3, -0.25) is 0 Å². The van der Waals surface area contributed by atoms with Gasteiger partial charge in [-0.25, -0.2) is 0 Å². The minimum absolute atomic E-state index is 0.0905. The molecular formula is C13H19F3N2. The number of alkyl halides is 3. The Kier molecular flexibility index (Phi) is 5.16. The molecule has 1 aromatic carbocycles. The predicted octanol–water partition coefficient (Wildman–Crippen LogP) is 2.92. The van der Waals surface area contributed by atoms with Gasteiger partial charge in [0.25, 0.3) is 0 Å². The SMILES string of the molecule is CCNC(CN(C)C)c1cccc(C(F)(F)F)c1. The average Bonchev–Trinajstić information content (AvgIpc) is 2.27. The molecule has 5 heteroatoms. The van der Waals surface area contributed by atoms with E-state index in [1.165, 1.54) is 12.1 Å². The zero-order chi connectivity index (χ0) is 13.8. The smallest absolute Gasteiger partial charge is 0.309 e. The zero-order valence-corrected chi connectivity index (χ0v) is 10.9. The van der Waals surface area contributed by atoms with Gasteiger partial charge in [0.1, 0.15) is 0 Å². The number of nitrogens with one attached hydrogen (secondary N) is 1. The molecule has 0 aliphatic carbocycles. The maximum atomic E-state index is 12.6. The largest absolute Gasteiger partial charge is 0.416 e. The van der Waals surface area contributed by atoms with Gasteiger partial charge in [-0.15, -0.1) is 0 Å². The number of halogens is 3. The van der Waals surface area contributed by atoms with E-state index >= 15 is 0 Å². The molecule has 2 nitrogen and oxygen atoms in total. The lowest BCUT2D eigenvalue weighted by atomic mass is 10.0. The van der Waals surface area contributed by atoms with E-state index in [0.717, 1.165) is 12.6 Å². The van der Waals surface area contributed by atoms with Gasteiger partial charge in [0.15, 0.2) is 0 Å². The van der Waals surface area contributed by atoms with E-state index < -0.39 is 11.7 Å². The minimum atomic E-state index is -4.29. The number of benzene rings is 1. The van der Waals surface area contributed by atoms with Gasteiger partial charge in [0, 0.05) is 12.6 Å². The fraction of sp³-hybridized carbons (Fsp3) is 0.538. The molecule has 0 radical (unpaired) electrons.